The monoisotopic (exact) mass is 181 g/mol. The second-order valence-corrected chi connectivity index (χ2v) is 3.54. The third kappa shape index (κ3) is 1.89. The van der Waals surface area contributed by atoms with Crippen molar-refractivity contribution in [3.05, 3.63) is 17.5 Å². The Hall–Kier alpha value is -0.870. The fourth-order valence-corrected chi connectivity index (χ4v) is 1.77. The average Bonchev–Trinajstić information content (AvgIpc) is 2.76. The highest BCUT2D eigenvalue weighted by Crippen LogP contribution is 2.17. The van der Waals surface area contributed by atoms with Crippen LogP contribution in [0, 0.1) is 5.92 Å². The van der Waals surface area contributed by atoms with Crippen LogP contribution in [0.2, 0.25) is 0 Å². The van der Waals surface area contributed by atoms with Crippen LogP contribution < -0.4 is 11.1 Å². The molecule has 0 bridgehead atoms. The number of hydrogen-bond acceptors (Lipinski definition) is 4. The van der Waals surface area contributed by atoms with E-state index in [4.69, 9.17) is 10.3 Å². The lowest BCUT2D eigenvalue weighted by Gasteiger charge is -2.05. The topological polar surface area (TPSA) is 64.1 Å². The van der Waals surface area contributed by atoms with Crippen molar-refractivity contribution in [1.29, 1.82) is 0 Å². The first kappa shape index (κ1) is 8.72. The Morgan fingerprint density at radius 2 is 2.62 bits per heavy atom. The van der Waals surface area contributed by atoms with Crippen LogP contribution in [0.4, 0.5) is 0 Å². The molecule has 0 amide bonds. The smallest absolute Gasteiger partial charge is 0.141 e. The van der Waals surface area contributed by atoms with Crippen LogP contribution in [-0.2, 0) is 13.0 Å². The lowest BCUT2D eigenvalue weighted by molar-refractivity contribution is 0.361. The summed E-state index contributed by atoms with van der Waals surface area (Å²) in [5, 5.41) is 7.09. The molecule has 4 heteroatoms. The maximum absolute atomic E-state index is 5.55. The molecule has 0 aliphatic carbocycles. The Morgan fingerprint density at radius 3 is 3.31 bits per heavy atom. The molecule has 1 aromatic rings. The third-order valence-corrected chi connectivity index (χ3v) is 2.59. The van der Waals surface area contributed by atoms with E-state index in [2.05, 4.69) is 10.5 Å². The van der Waals surface area contributed by atoms with Crippen LogP contribution in [0.15, 0.2) is 10.7 Å². The highest BCUT2D eigenvalue weighted by atomic mass is 16.5. The molecule has 1 unspecified atom stereocenters. The predicted octanol–water partition coefficient (Wildman–Crippen LogP) is 0.285. The minimum Gasteiger partial charge on any atom is -0.361 e. The molecule has 72 valence electrons. The summed E-state index contributed by atoms with van der Waals surface area (Å²) >= 11 is 0. The van der Waals surface area contributed by atoms with Gasteiger partial charge in [0.1, 0.15) is 5.76 Å². The van der Waals surface area contributed by atoms with Crippen molar-refractivity contribution < 1.29 is 4.52 Å². The number of nitrogens with one attached hydrogen (secondary N) is 1. The van der Waals surface area contributed by atoms with Crippen molar-refractivity contribution in [1.82, 2.24) is 10.5 Å². The van der Waals surface area contributed by atoms with Crippen molar-refractivity contribution >= 4 is 0 Å². The summed E-state index contributed by atoms with van der Waals surface area (Å²) in [6.45, 7) is 2.74. The van der Waals surface area contributed by atoms with Gasteiger partial charge in [-0.3, -0.25) is 0 Å². The summed E-state index contributed by atoms with van der Waals surface area (Å²) in [5.41, 5.74) is 6.60. The minimum absolute atomic E-state index is 0.527. The molecule has 2 heterocycles. The van der Waals surface area contributed by atoms with Crippen LogP contribution in [0.1, 0.15) is 17.7 Å². The van der Waals surface area contributed by atoms with Crippen LogP contribution in [0.5, 0.6) is 0 Å². The van der Waals surface area contributed by atoms with Crippen molar-refractivity contribution in [2.24, 2.45) is 11.7 Å². The lowest BCUT2D eigenvalue weighted by Crippen LogP contribution is -2.11. The zero-order valence-corrected chi connectivity index (χ0v) is 7.62. The number of rotatable bonds is 3. The summed E-state index contributed by atoms with van der Waals surface area (Å²) in [4.78, 5) is 0. The first-order valence-electron chi connectivity index (χ1n) is 4.73. The molecule has 0 aromatic carbocycles. The van der Waals surface area contributed by atoms with Gasteiger partial charge in [-0.15, -0.1) is 0 Å². The van der Waals surface area contributed by atoms with Crippen LogP contribution in [0.3, 0.4) is 0 Å². The zero-order valence-electron chi connectivity index (χ0n) is 7.62. The molecule has 2 rings (SSSR count). The third-order valence-electron chi connectivity index (χ3n) is 2.59. The quantitative estimate of drug-likeness (QED) is 0.703. The molecule has 1 aliphatic heterocycles. The van der Waals surface area contributed by atoms with E-state index in [0.717, 1.165) is 30.8 Å². The standard InChI is InChI=1S/C9H15N3O/c10-4-8-6-12-13-9(8)3-7-1-2-11-5-7/h6-7,11H,1-5,10H2. The fraction of sp³-hybridized carbons (Fsp3) is 0.667. The van der Waals surface area contributed by atoms with Gasteiger partial charge in [0.15, 0.2) is 0 Å². The van der Waals surface area contributed by atoms with Crippen molar-refractivity contribution in [2.45, 2.75) is 19.4 Å². The van der Waals surface area contributed by atoms with Crippen LogP contribution >= 0.6 is 0 Å². The Balaban J connectivity index is 1.99. The minimum atomic E-state index is 0.527. The summed E-state index contributed by atoms with van der Waals surface area (Å²) in [6.07, 6.45) is 3.92. The molecule has 1 fully saturated rings. The van der Waals surface area contributed by atoms with Crippen molar-refractivity contribution in [3.63, 3.8) is 0 Å². The molecule has 0 spiro atoms. The number of nitrogens with zero attached hydrogens (tertiary/aromatic N) is 1. The largest absolute Gasteiger partial charge is 0.361 e. The van der Waals surface area contributed by atoms with E-state index >= 15 is 0 Å². The van der Waals surface area contributed by atoms with Crippen LogP contribution in [0.25, 0.3) is 0 Å². The molecular formula is C9H15N3O. The van der Waals surface area contributed by atoms with Gasteiger partial charge in [0, 0.05) is 18.5 Å². The van der Waals surface area contributed by atoms with Crippen molar-refractivity contribution in [2.75, 3.05) is 13.1 Å². The van der Waals surface area contributed by atoms with Gasteiger partial charge < -0.3 is 15.6 Å². The van der Waals surface area contributed by atoms with Gasteiger partial charge in [-0.1, -0.05) is 5.16 Å². The SMILES string of the molecule is NCc1cnoc1CC1CCNC1. The zero-order chi connectivity index (χ0) is 9.10. The molecule has 0 radical (unpaired) electrons. The van der Waals surface area contributed by atoms with Gasteiger partial charge in [-0.25, -0.2) is 0 Å². The van der Waals surface area contributed by atoms with Crippen LogP contribution in [-0.4, -0.2) is 18.2 Å². The number of hydrogen-bond donors (Lipinski definition) is 2. The summed E-state index contributed by atoms with van der Waals surface area (Å²) < 4.78 is 5.16. The highest BCUT2D eigenvalue weighted by Gasteiger charge is 2.18. The van der Waals surface area contributed by atoms with E-state index in [1.165, 1.54) is 6.42 Å². The molecule has 4 nitrogen and oxygen atoms in total. The van der Waals surface area contributed by atoms with Gasteiger partial charge in [0.05, 0.1) is 6.20 Å². The second-order valence-electron chi connectivity index (χ2n) is 3.54. The van der Waals surface area contributed by atoms with Crippen molar-refractivity contribution in [3.8, 4) is 0 Å². The summed E-state index contributed by atoms with van der Waals surface area (Å²) in [6, 6.07) is 0. The average molecular weight is 181 g/mol. The maximum Gasteiger partial charge on any atom is 0.141 e. The normalized spacial score (nSPS) is 22.4. The van der Waals surface area contributed by atoms with E-state index in [-0.39, 0.29) is 0 Å². The van der Waals surface area contributed by atoms with E-state index in [1.54, 1.807) is 6.20 Å². The first-order valence-corrected chi connectivity index (χ1v) is 4.73. The number of nitrogens with two attached hydrogens (primary N) is 1. The molecule has 3 N–H and O–H groups in total. The summed E-state index contributed by atoms with van der Waals surface area (Å²) in [7, 11) is 0. The Bertz CT molecular complexity index is 266. The highest BCUT2D eigenvalue weighted by molar-refractivity contribution is 5.13. The molecule has 1 saturated heterocycles. The lowest BCUT2D eigenvalue weighted by atomic mass is 10.0. The fourth-order valence-electron chi connectivity index (χ4n) is 1.77. The van der Waals surface area contributed by atoms with Gasteiger partial charge in [0.2, 0.25) is 0 Å². The Labute approximate surface area is 77.5 Å². The second kappa shape index (κ2) is 3.89. The number of aromatic nitrogens is 1. The molecule has 1 atom stereocenters. The van der Waals surface area contributed by atoms with Gasteiger partial charge in [-0.2, -0.15) is 0 Å². The summed E-state index contributed by atoms with van der Waals surface area (Å²) in [5.74, 6) is 1.66. The first-order chi connectivity index (χ1) is 6.40. The van der Waals surface area contributed by atoms with Gasteiger partial charge >= 0.3 is 0 Å². The maximum atomic E-state index is 5.55. The molecule has 0 saturated carbocycles. The van der Waals surface area contributed by atoms with Gasteiger partial charge in [-0.05, 0) is 25.4 Å². The van der Waals surface area contributed by atoms with Gasteiger partial charge in [0.25, 0.3) is 0 Å². The molecule has 1 aromatic heterocycles. The molecular weight excluding hydrogens is 166 g/mol. The van der Waals surface area contributed by atoms with E-state index < -0.39 is 0 Å². The molecule has 13 heavy (non-hydrogen) atoms. The van der Waals surface area contributed by atoms with E-state index in [1.807, 2.05) is 0 Å². The molecule has 1 aliphatic rings. The van der Waals surface area contributed by atoms with E-state index in [9.17, 15) is 0 Å². The predicted molar refractivity (Wildman–Crippen MR) is 49.1 cm³/mol. The van der Waals surface area contributed by atoms with E-state index in [0.29, 0.717) is 12.5 Å². The Kier molecular flexibility index (Phi) is 2.61. The Morgan fingerprint density at radius 1 is 1.69 bits per heavy atom.